The predicted molar refractivity (Wildman–Crippen MR) is 83.2 cm³/mol. The zero-order valence-electron chi connectivity index (χ0n) is 12.7. The van der Waals surface area contributed by atoms with Crippen LogP contribution in [0.25, 0.3) is 17.1 Å². The van der Waals surface area contributed by atoms with Crippen LogP contribution in [0.4, 0.5) is 0 Å². The lowest BCUT2D eigenvalue weighted by atomic mass is 10.1. The zero-order chi connectivity index (χ0) is 15.2. The van der Waals surface area contributed by atoms with Crippen molar-refractivity contribution in [3.8, 4) is 5.88 Å². The number of rotatable bonds is 7. The molecule has 1 unspecified atom stereocenters. The maximum Gasteiger partial charge on any atom is 0.226 e. The van der Waals surface area contributed by atoms with Crippen LogP contribution in [0.15, 0.2) is 18.6 Å². The molecule has 5 nitrogen and oxygen atoms in total. The highest BCUT2D eigenvalue weighted by Crippen LogP contribution is 2.27. The molecule has 0 aliphatic heterocycles. The summed E-state index contributed by atoms with van der Waals surface area (Å²) in [6.45, 7) is 6.05. The number of fused-ring (bicyclic) bond motifs is 1. The van der Waals surface area contributed by atoms with Gasteiger partial charge >= 0.3 is 0 Å². The van der Waals surface area contributed by atoms with E-state index < -0.39 is 0 Å². The average molecular weight is 287 g/mol. The predicted octanol–water partition coefficient (Wildman–Crippen LogP) is 3.52. The van der Waals surface area contributed by atoms with Crippen molar-refractivity contribution < 1.29 is 9.53 Å². The fraction of sp³-hybridized carbons (Fsp3) is 0.438. The summed E-state index contributed by atoms with van der Waals surface area (Å²) in [5.41, 5.74) is 1.58. The van der Waals surface area contributed by atoms with Crippen LogP contribution < -0.4 is 4.74 Å². The Morgan fingerprint density at radius 2 is 2.24 bits per heavy atom. The first-order valence-electron chi connectivity index (χ1n) is 7.35. The van der Waals surface area contributed by atoms with Crippen LogP contribution in [0.2, 0.25) is 0 Å². The Labute approximate surface area is 124 Å². The molecular weight excluding hydrogens is 266 g/mol. The number of carbonyl (C=O) groups excluding carboxylic acids is 1. The quantitative estimate of drug-likeness (QED) is 0.791. The molecule has 2 heterocycles. The van der Waals surface area contributed by atoms with Crippen molar-refractivity contribution in [3.05, 3.63) is 24.2 Å². The van der Waals surface area contributed by atoms with Crippen molar-refractivity contribution in [3.63, 3.8) is 0 Å². The summed E-state index contributed by atoms with van der Waals surface area (Å²) in [6.07, 6.45) is 9.08. The van der Waals surface area contributed by atoms with Crippen molar-refractivity contribution in [2.24, 2.45) is 0 Å². The Bertz CT molecular complexity index is 646. The van der Waals surface area contributed by atoms with E-state index in [9.17, 15) is 4.79 Å². The van der Waals surface area contributed by atoms with Gasteiger partial charge in [-0.05, 0) is 31.9 Å². The number of aromatic amines is 1. The molecule has 0 bridgehead atoms. The molecule has 0 saturated carbocycles. The van der Waals surface area contributed by atoms with Gasteiger partial charge in [-0.2, -0.15) is 0 Å². The number of carbonyl (C=O) groups is 1. The molecule has 0 spiro atoms. The molecule has 112 valence electrons. The molecule has 0 aliphatic rings. The lowest BCUT2D eigenvalue weighted by Crippen LogP contribution is -2.11. The van der Waals surface area contributed by atoms with Crippen LogP contribution >= 0.6 is 0 Å². The largest absolute Gasteiger partial charge is 0.474 e. The van der Waals surface area contributed by atoms with Crippen LogP contribution in [0, 0.1) is 0 Å². The molecule has 2 rings (SSSR count). The first kappa shape index (κ1) is 15.2. The zero-order valence-corrected chi connectivity index (χ0v) is 12.7. The van der Waals surface area contributed by atoms with Crippen molar-refractivity contribution in [1.82, 2.24) is 15.0 Å². The maximum atomic E-state index is 11.6. The lowest BCUT2D eigenvalue weighted by Gasteiger charge is -2.12. The highest BCUT2D eigenvalue weighted by atomic mass is 16.5. The highest BCUT2D eigenvalue weighted by Gasteiger charge is 2.12. The summed E-state index contributed by atoms with van der Waals surface area (Å²) < 4.78 is 5.84. The number of aromatic nitrogens is 3. The fourth-order valence-corrected chi connectivity index (χ4v) is 1.96. The number of ketones is 1. The first-order chi connectivity index (χ1) is 10.2. The second kappa shape index (κ2) is 7.02. The van der Waals surface area contributed by atoms with Crippen LogP contribution in [-0.2, 0) is 4.79 Å². The van der Waals surface area contributed by atoms with Crippen LogP contribution in [0.5, 0.6) is 5.88 Å². The molecule has 0 saturated heterocycles. The van der Waals surface area contributed by atoms with E-state index >= 15 is 0 Å². The van der Waals surface area contributed by atoms with Gasteiger partial charge in [-0.25, -0.2) is 9.97 Å². The Hall–Kier alpha value is -2.17. The van der Waals surface area contributed by atoms with Gasteiger partial charge in [0.05, 0.1) is 11.5 Å². The van der Waals surface area contributed by atoms with E-state index in [4.69, 9.17) is 4.74 Å². The van der Waals surface area contributed by atoms with Gasteiger partial charge in [-0.3, -0.25) is 4.79 Å². The SMILES string of the molecule is CCCC(=O)/C=C/c1c[nH]c2ncnc(OC(C)CC)c12. The summed E-state index contributed by atoms with van der Waals surface area (Å²) in [5.74, 6) is 0.672. The van der Waals surface area contributed by atoms with E-state index in [0.29, 0.717) is 17.9 Å². The first-order valence-corrected chi connectivity index (χ1v) is 7.35. The van der Waals surface area contributed by atoms with E-state index in [1.54, 1.807) is 12.2 Å². The Kier molecular flexibility index (Phi) is 5.09. The summed E-state index contributed by atoms with van der Waals surface area (Å²) in [4.78, 5) is 23.1. The summed E-state index contributed by atoms with van der Waals surface area (Å²) >= 11 is 0. The Morgan fingerprint density at radius 3 is 2.95 bits per heavy atom. The normalized spacial score (nSPS) is 12.9. The third-order valence-electron chi connectivity index (χ3n) is 3.30. The smallest absolute Gasteiger partial charge is 0.226 e. The summed E-state index contributed by atoms with van der Waals surface area (Å²) in [5, 5.41) is 0.818. The third-order valence-corrected chi connectivity index (χ3v) is 3.30. The maximum absolute atomic E-state index is 11.6. The molecule has 2 aromatic rings. The molecule has 1 atom stereocenters. The molecule has 0 aromatic carbocycles. The number of H-pyrrole nitrogens is 1. The fourth-order valence-electron chi connectivity index (χ4n) is 1.96. The molecule has 0 fully saturated rings. The third kappa shape index (κ3) is 3.68. The number of hydrogen-bond donors (Lipinski definition) is 1. The van der Waals surface area contributed by atoms with Crippen molar-refractivity contribution in [1.29, 1.82) is 0 Å². The van der Waals surface area contributed by atoms with Crippen molar-refractivity contribution in [2.45, 2.75) is 46.1 Å². The van der Waals surface area contributed by atoms with Crippen LogP contribution in [0.1, 0.15) is 45.6 Å². The van der Waals surface area contributed by atoms with Crippen molar-refractivity contribution >= 4 is 22.9 Å². The minimum absolute atomic E-state index is 0.0801. The molecule has 21 heavy (non-hydrogen) atoms. The summed E-state index contributed by atoms with van der Waals surface area (Å²) in [6, 6.07) is 0. The van der Waals surface area contributed by atoms with Gasteiger partial charge in [-0.15, -0.1) is 0 Å². The van der Waals surface area contributed by atoms with Gasteiger partial charge in [0.1, 0.15) is 12.0 Å². The second-order valence-electron chi connectivity index (χ2n) is 5.03. The monoisotopic (exact) mass is 287 g/mol. The number of allylic oxidation sites excluding steroid dienone is 1. The van der Waals surface area contributed by atoms with E-state index in [0.717, 1.165) is 23.8 Å². The van der Waals surface area contributed by atoms with Gasteiger partial charge in [0.25, 0.3) is 0 Å². The molecule has 5 heteroatoms. The van der Waals surface area contributed by atoms with Crippen LogP contribution in [-0.4, -0.2) is 26.8 Å². The number of nitrogens with zero attached hydrogens (tertiary/aromatic N) is 2. The minimum Gasteiger partial charge on any atom is -0.474 e. The van der Waals surface area contributed by atoms with E-state index in [-0.39, 0.29) is 11.9 Å². The molecule has 0 amide bonds. The minimum atomic E-state index is 0.0801. The van der Waals surface area contributed by atoms with Gasteiger partial charge in [-0.1, -0.05) is 13.8 Å². The average Bonchev–Trinajstić information content (AvgIpc) is 2.89. The van der Waals surface area contributed by atoms with Gasteiger partial charge < -0.3 is 9.72 Å². The Balaban J connectivity index is 2.34. The van der Waals surface area contributed by atoms with Gasteiger partial charge in [0.2, 0.25) is 5.88 Å². The number of nitrogens with one attached hydrogen (secondary N) is 1. The lowest BCUT2D eigenvalue weighted by molar-refractivity contribution is -0.114. The highest BCUT2D eigenvalue weighted by molar-refractivity contribution is 5.97. The molecule has 2 aromatic heterocycles. The number of hydrogen-bond acceptors (Lipinski definition) is 4. The second-order valence-corrected chi connectivity index (χ2v) is 5.03. The summed E-state index contributed by atoms with van der Waals surface area (Å²) in [7, 11) is 0. The topological polar surface area (TPSA) is 67.9 Å². The molecule has 0 radical (unpaired) electrons. The van der Waals surface area contributed by atoms with Gasteiger partial charge in [0, 0.05) is 18.2 Å². The van der Waals surface area contributed by atoms with E-state index in [1.165, 1.54) is 6.33 Å². The van der Waals surface area contributed by atoms with E-state index in [1.807, 2.05) is 20.0 Å². The van der Waals surface area contributed by atoms with Crippen molar-refractivity contribution in [2.75, 3.05) is 0 Å². The van der Waals surface area contributed by atoms with Crippen LogP contribution in [0.3, 0.4) is 0 Å². The number of ether oxygens (including phenoxy) is 1. The molecular formula is C16H21N3O2. The standard InChI is InChI=1S/C16H21N3O2/c1-4-6-13(20)8-7-12-9-17-15-14(12)16(19-10-18-15)21-11(3)5-2/h7-11H,4-6H2,1-3H3,(H,17,18,19)/b8-7+. The van der Waals surface area contributed by atoms with Gasteiger partial charge in [0.15, 0.2) is 5.78 Å². The van der Waals surface area contributed by atoms with E-state index in [2.05, 4.69) is 21.9 Å². The molecule has 0 aliphatic carbocycles. The Morgan fingerprint density at radius 1 is 1.43 bits per heavy atom. The molecule has 1 N–H and O–H groups in total.